The van der Waals surface area contributed by atoms with Crippen molar-refractivity contribution in [3.63, 3.8) is 0 Å². The zero-order chi connectivity index (χ0) is 18.0. The normalized spacial score (nSPS) is 17.0. The minimum absolute atomic E-state index is 0.00926. The Balaban J connectivity index is 1.86. The summed E-state index contributed by atoms with van der Waals surface area (Å²) >= 11 is 2.16. The molecule has 6 nitrogen and oxygen atoms in total. The Morgan fingerprint density at radius 3 is 2.60 bits per heavy atom. The number of anilines is 1. The van der Waals surface area contributed by atoms with Crippen molar-refractivity contribution in [1.29, 1.82) is 0 Å². The summed E-state index contributed by atoms with van der Waals surface area (Å²) in [6.07, 6.45) is 3.28. The van der Waals surface area contributed by atoms with E-state index in [1.165, 1.54) is 16.7 Å². The van der Waals surface area contributed by atoms with Gasteiger partial charge in [-0.3, -0.25) is 19.4 Å². The number of amides is 3. The standard InChI is InChI=1S/C18H16IN3O3/c1-12(23)21(11-13-3-2-8-20-10-13)16-9-17(24)22(18(16)25)15-6-4-14(19)5-7-15/h2-8,10,16H,9,11H2,1H3. The average molecular weight is 449 g/mol. The van der Waals surface area contributed by atoms with E-state index in [4.69, 9.17) is 0 Å². The lowest BCUT2D eigenvalue weighted by atomic mass is 10.1. The number of halogens is 1. The van der Waals surface area contributed by atoms with Crippen molar-refractivity contribution in [3.05, 3.63) is 57.9 Å². The van der Waals surface area contributed by atoms with Crippen molar-refractivity contribution >= 4 is 46.0 Å². The summed E-state index contributed by atoms with van der Waals surface area (Å²) in [5.74, 6) is -0.918. The van der Waals surface area contributed by atoms with Crippen molar-refractivity contribution in [3.8, 4) is 0 Å². The van der Waals surface area contributed by atoms with Gasteiger partial charge in [0.25, 0.3) is 5.91 Å². The quantitative estimate of drug-likeness (QED) is 0.531. The van der Waals surface area contributed by atoms with Crippen molar-refractivity contribution in [2.45, 2.75) is 25.9 Å². The highest BCUT2D eigenvalue weighted by molar-refractivity contribution is 14.1. The monoisotopic (exact) mass is 449 g/mol. The molecule has 2 heterocycles. The van der Waals surface area contributed by atoms with E-state index in [0.717, 1.165) is 9.13 Å². The summed E-state index contributed by atoms with van der Waals surface area (Å²) in [5, 5.41) is 0. The fraction of sp³-hybridized carbons (Fsp3) is 0.222. The van der Waals surface area contributed by atoms with E-state index in [1.807, 2.05) is 18.2 Å². The van der Waals surface area contributed by atoms with E-state index in [0.29, 0.717) is 5.69 Å². The summed E-state index contributed by atoms with van der Waals surface area (Å²) < 4.78 is 1.01. The van der Waals surface area contributed by atoms with Crippen LogP contribution in [0.1, 0.15) is 18.9 Å². The van der Waals surface area contributed by atoms with Crippen LogP contribution in [0.4, 0.5) is 5.69 Å². The summed E-state index contributed by atoms with van der Waals surface area (Å²) in [7, 11) is 0. The minimum Gasteiger partial charge on any atom is -0.326 e. The van der Waals surface area contributed by atoms with Gasteiger partial charge >= 0.3 is 0 Å². The highest BCUT2D eigenvalue weighted by atomic mass is 127. The van der Waals surface area contributed by atoms with Crippen LogP contribution < -0.4 is 4.90 Å². The number of benzene rings is 1. The fourth-order valence-corrected chi connectivity index (χ4v) is 3.21. The van der Waals surface area contributed by atoms with Gasteiger partial charge < -0.3 is 4.90 Å². The number of carbonyl (C=O) groups excluding carboxylic acids is 3. The Morgan fingerprint density at radius 1 is 1.28 bits per heavy atom. The molecule has 1 fully saturated rings. The van der Waals surface area contributed by atoms with Crippen LogP contribution in [0.3, 0.4) is 0 Å². The molecular weight excluding hydrogens is 433 g/mol. The molecule has 1 unspecified atom stereocenters. The topological polar surface area (TPSA) is 70.6 Å². The maximum Gasteiger partial charge on any atom is 0.257 e. The number of hydrogen-bond acceptors (Lipinski definition) is 4. The lowest BCUT2D eigenvalue weighted by Crippen LogP contribution is -2.44. The van der Waals surface area contributed by atoms with Gasteiger partial charge in [-0.2, -0.15) is 0 Å². The number of pyridine rings is 1. The molecule has 0 aliphatic carbocycles. The molecule has 1 aliphatic rings. The summed E-state index contributed by atoms with van der Waals surface area (Å²) in [5.41, 5.74) is 1.34. The number of nitrogens with zero attached hydrogens (tertiary/aromatic N) is 3. The third-order valence-corrected chi connectivity index (χ3v) is 4.78. The van der Waals surface area contributed by atoms with E-state index in [-0.39, 0.29) is 30.7 Å². The van der Waals surface area contributed by atoms with E-state index < -0.39 is 6.04 Å². The molecule has 0 spiro atoms. The summed E-state index contributed by atoms with van der Waals surface area (Å²) in [6.45, 7) is 1.65. The molecule has 3 rings (SSSR count). The van der Waals surface area contributed by atoms with E-state index in [9.17, 15) is 14.4 Å². The Kier molecular flexibility index (Phi) is 5.12. The third kappa shape index (κ3) is 3.71. The summed E-state index contributed by atoms with van der Waals surface area (Å²) in [6, 6.07) is 9.96. The first kappa shape index (κ1) is 17.5. The molecule has 25 heavy (non-hydrogen) atoms. The molecule has 0 bridgehead atoms. The first-order valence-electron chi connectivity index (χ1n) is 7.76. The average Bonchev–Trinajstić information content (AvgIpc) is 2.89. The molecule has 1 saturated heterocycles. The van der Waals surface area contributed by atoms with Gasteiger partial charge in [0.2, 0.25) is 11.8 Å². The Hall–Kier alpha value is -2.29. The number of aromatic nitrogens is 1. The maximum absolute atomic E-state index is 12.8. The maximum atomic E-state index is 12.8. The Morgan fingerprint density at radius 2 is 2.00 bits per heavy atom. The van der Waals surface area contributed by atoms with Crippen LogP contribution in [0.15, 0.2) is 48.8 Å². The predicted octanol–water partition coefficient (Wildman–Crippen LogP) is 2.37. The summed E-state index contributed by atoms with van der Waals surface area (Å²) in [4.78, 5) is 44.0. The van der Waals surface area contributed by atoms with Gasteiger partial charge in [0.15, 0.2) is 0 Å². The largest absolute Gasteiger partial charge is 0.326 e. The lowest BCUT2D eigenvalue weighted by molar-refractivity contribution is -0.137. The number of rotatable bonds is 4. The molecule has 128 valence electrons. The zero-order valence-electron chi connectivity index (χ0n) is 13.6. The van der Waals surface area contributed by atoms with Crippen LogP contribution in [0.2, 0.25) is 0 Å². The van der Waals surface area contributed by atoms with E-state index in [1.54, 1.807) is 30.6 Å². The second-order valence-electron chi connectivity index (χ2n) is 5.77. The second kappa shape index (κ2) is 7.30. The molecule has 1 aliphatic heterocycles. The second-order valence-corrected chi connectivity index (χ2v) is 7.02. The molecule has 0 radical (unpaired) electrons. The molecule has 2 aromatic rings. The highest BCUT2D eigenvalue weighted by Gasteiger charge is 2.43. The molecule has 0 saturated carbocycles. The van der Waals surface area contributed by atoms with Gasteiger partial charge in [-0.05, 0) is 58.5 Å². The van der Waals surface area contributed by atoms with Crippen LogP contribution in [0.25, 0.3) is 0 Å². The van der Waals surface area contributed by atoms with E-state index >= 15 is 0 Å². The zero-order valence-corrected chi connectivity index (χ0v) is 15.7. The smallest absolute Gasteiger partial charge is 0.257 e. The number of imide groups is 1. The van der Waals surface area contributed by atoms with Crippen LogP contribution in [0.5, 0.6) is 0 Å². The Labute approximate surface area is 159 Å². The van der Waals surface area contributed by atoms with Crippen molar-refractivity contribution in [2.24, 2.45) is 0 Å². The number of carbonyl (C=O) groups is 3. The molecule has 0 N–H and O–H groups in total. The third-order valence-electron chi connectivity index (χ3n) is 4.06. The van der Waals surface area contributed by atoms with Crippen LogP contribution in [-0.4, -0.2) is 33.6 Å². The van der Waals surface area contributed by atoms with Gasteiger partial charge in [0.05, 0.1) is 12.1 Å². The van der Waals surface area contributed by atoms with Gasteiger partial charge in [0.1, 0.15) is 6.04 Å². The molecule has 1 aromatic heterocycles. The van der Waals surface area contributed by atoms with Crippen molar-refractivity contribution in [1.82, 2.24) is 9.88 Å². The van der Waals surface area contributed by atoms with E-state index in [2.05, 4.69) is 27.6 Å². The minimum atomic E-state index is -0.788. The first-order valence-corrected chi connectivity index (χ1v) is 8.83. The van der Waals surface area contributed by atoms with Crippen LogP contribution in [0, 0.1) is 3.57 Å². The molecule has 1 aromatic carbocycles. The van der Waals surface area contributed by atoms with Gasteiger partial charge in [0, 0.05) is 29.4 Å². The fourth-order valence-electron chi connectivity index (χ4n) is 2.85. The number of hydrogen-bond donors (Lipinski definition) is 0. The van der Waals surface area contributed by atoms with Gasteiger partial charge in [-0.1, -0.05) is 6.07 Å². The first-order chi connectivity index (χ1) is 12.0. The Bertz CT molecular complexity index is 808. The highest BCUT2D eigenvalue weighted by Crippen LogP contribution is 2.27. The van der Waals surface area contributed by atoms with Crippen molar-refractivity contribution < 1.29 is 14.4 Å². The van der Waals surface area contributed by atoms with Gasteiger partial charge in [-0.15, -0.1) is 0 Å². The van der Waals surface area contributed by atoms with Crippen LogP contribution in [-0.2, 0) is 20.9 Å². The molecular formula is C18H16IN3O3. The van der Waals surface area contributed by atoms with Crippen LogP contribution >= 0.6 is 22.6 Å². The van der Waals surface area contributed by atoms with Gasteiger partial charge in [-0.25, -0.2) is 4.90 Å². The molecule has 3 amide bonds. The lowest BCUT2D eigenvalue weighted by Gasteiger charge is -2.26. The molecule has 7 heteroatoms. The predicted molar refractivity (Wildman–Crippen MR) is 101 cm³/mol. The van der Waals surface area contributed by atoms with Crippen molar-refractivity contribution in [2.75, 3.05) is 4.90 Å². The SMILES string of the molecule is CC(=O)N(Cc1cccnc1)C1CC(=O)N(c2ccc(I)cc2)C1=O. The molecule has 1 atom stereocenters.